The smallest absolute Gasteiger partial charge is 0.0505 e. The van der Waals surface area contributed by atoms with Crippen molar-refractivity contribution in [3.05, 3.63) is 69.3 Å². The molecule has 0 bridgehead atoms. The zero-order valence-corrected chi connectivity index (χ0v) is 13.7. The van der Waals surface area contributed by atoms with Crippen LogP contribution in [0.5, 0.6) is 0 Å². The molecule has 0 spiro atoms. The lowest BCUT2D eigenvalue weighted by atomic mass is 9.88. The van der Waals surface area contributed by atoms with Gasteiger partial charge in [0.05, 0.1) is 6.04 Å². The van der Waals surface area contributed by atoms with E-state index in [-0.39, 0.29) is 6.04 Å². The van der Waals surface area contributed by atoms with E-state index in [1.54, 1.807) is 0 Å². The largest absolute Gasteiger partial charge is 0.271 e. The van der Waals surface area contributed by atoms with E-state index in [1.807, 2.05) is 0 Å². The topological polar surface area (TPSA) is 38.0 Å². The van der Waals surface area contributed by atoms with Gasteiger partial charge < -0.3 is 0 Å². The quantitative estimate of drug-likeness (QED) is 0.657. The number of hydrogen-bond acceptors (Lipinski definition) is 2. The Labute approximate surface area is 128 Å². The van der Waals surface area contributed by atoms with Crippen molar-refractivity contribution in [2.24, 2.45) is 5.84 Å². The second-order valence-corrected chi connectivity index (χ2v) is 6.11. The van der Waals surface area contributed by atoms with E-state index in [1.165, 1.54) is 38.9 Å². The van der Waals surface area contributed by atoms with Gasteiger partial charge in [-0.2, -0.15) is 0 Å². The van der Waals surface area contributed by atoms with Crippen LogP contribution in [0, 0.1) is 34.6 Å². The third-order valence-electron chi connectivity index (χ3n) is 4.34. The summed E-state index contributed by atoms with van der Waals surface area (Å²) in [6.07, 6.45) is 0.917. The van der Waals surface area contributed by atoms with Crippen molar-refractivity contribution in [3.8, 4) is 0 Å². The van der Waals surface area contributed by atoms with Crippen LogP contribution in [0.4, 0.5) is 0 Å². The van der Waals surface area contributed by atoms with Crippen LogP contribution >= 0.6 is 0 Å². The second kappa shape index (κ2) is 6.42. The van der Waals surface area contributed by atoms with Crippen LogP contribution in [-0.2, 0) is 6.42 Å². The van der Waals surface area contributed by atoms with Gasteiger partial charge in [0.1, 0.15) is 0 Å². The van der Waals surface area contributed by atoms with E-state index >= 15 is 0 Å². The lowest BCUT2D eigenvalue weighted by Gasteiger charge is -2.23. The normalized spacial score (nSPS) is 12.5. The van der Waals surface area contributed by atoms with Crippen LogP contribution in [0.15, 0.2) is 30.3 Å². The first-order valence-electron chi connectivity index (χ1n) is 7.53. The van der Waals surface area contributed by atoms with E-state index in [9.17, 15) is 0 Å². The minimum Gasteiger partial charge on any atom is -0.271 e. The van der Waals surface area contributed by atoms with Gasteiger partial charge in [0.15, 0.2) is 0 Å². The summed E-state index contributed by atoms with van der Waals surface area (Å²) >= 11 is 0. The summed E-state index contributed by atoms with van der Waals surface area (Å²) in [5, 5.41) is 0. The summed E-state index contributed by atoms with van der Waals surface area (Å²) in [5.41, 5.74) is 12.3. The molecule has 0 saturated heterocycles. The standard InChI is InChI=1S/C19H26N2/c1-12-9-15(4)17(16(5)10-12)11-18(21-20)19-13(2)7-6-8-14(19)3/h6-10,18,21H,11,20H2,1-5H3. The SMILES string of the molecule is Cc1cc(C)c(CC(NN)c2c(C)cccc2C)c(C)c1. The number of aryl methyl sites for hydroxylation is 5. The van der Waals surface area contributed by atoms with Crippen LogP contribution in [0.2, 0.25) is 0 Å². The first-order chi connectivity index (χ1) is 9.93. The molecule has 1 atom stereocenters. The fourth-order valence-electron chi connectivity index (χ4n) is 3.36. The van der Waals surface area contributed by atoms with E-state index < -0.39 is 0 Å². The van der Waals surface area contributed by atoms with E-state index in [4.69, 9.17) is 5.84 Å². The van der Waals surface area contributed by atoms with Crippen molar-refractivity contribution in [2.45, 2.75) is 47.1 Å². The molecule has 0 aliphatic heterocycles. The van der Waals surface area contributed by atoms with E-state index in [0.717, 1.165) is 6.42 Å². The van der Waals surface area contributed by atoms with Gasteiger partial charge in [-0.15, -0.1) is 0 Å². The Hall–Kier alpha value is -1.64. The highest BCUT2D eigenvalue weighted by molar-refractivity contribution is 5.41. The van der Waals surface area contributed by atoms with Crippen molar-refractivity contribution in [2.75, 3.05) is 0 Å². The molecular weight excluding hydrogens is 256 g/mol. The molecule has 2 aromatic rings. The molecule has 2 nitrogen and oxygen atoms in total. The average Bonchev–Trinajstić information content (AvgIpc) is 2.40. The summed E-state index contributed by atoms with van der Waals surface area (Å²) < 4.78 is 0. The van der Waals surface area contributed by atoms with Gasteiger partial charge in [-0.3, -0.25) is 11.3 Å². The minimum absolute atomic E-state index is 0.145. The molecule has 0 radical (unpaired) electrons. The molecule has 112 valence electrons. The number of rotatable bonds is 4. The van der Waals surface area contributed by atoms with E-state index in [0.29, 0.717) is 0 Å². The zero-order chi connectivity index (χ0) is 15.6. The molecule has 2 aromatic carbocycles. The summed E-state index contributed by atoms with van der Waals surface area (Å²) in [6.45, 7) is 10.8. The molecule has 2 rings (SSSR count). The Bertz CT molecular complexity index is 601. The Balaban J connectivity index is 2.41. The predicted octanol–water partition coefficient (Wildman–Crippen LogP) is 3.98. The monoisotopic (exact) mass is 282 g/mol. The molecular formula is C19H26N2. The Morgan fingerprint density at radius 1 is 0.905 bits per heavy atom. The maximum absolute atomic E-state index is 5.87. The lowest BCUT2D eigenvalue weighted by Crippen LogP contribution is -2.31. The van der Waals surface area contributed by atoms with Crippen LogP contribution in [-0.4, -0.2) is 0 Å². The van der Waals surface area contributed by atoms with Crippen LogP contribution < -0.4 is 11.3 Å². The predicted molar refractivity (Wildman–Crippen MR) is 90.3 cm³/mol. The summed E-state index contributed by atoms with van der Waals surface area (Å²) in [5.74, 6) is 5.87. The van der Waals surface area contributed by atoms with Gasteiger partial charge in [0, 0.05) is 0 Å². The summed E-state index contributed by atoms with van der Waals surface area (Å²) in [6, 6.07) is 11.1. The van der Waals surface area contributed by atoms with Gasteiger partial charge in [-0.25, -0.2) is 0 Å². The fourth-order valence-corrected chi connectivity index (χ4v) is 3.36. The zero-order valence-electron chi connectivity index (χ0n) is 13.7. The Kier molecular flexibility index (Phi) is 4.81. The highest BCUT2D eigenvalue weighted by atomic mass is 15.2. The maximum Gasteiger partial charge on any atom is 0.0505 e. The fraction of sp³-hybridized carbons (Fsp3) is 0.368. The summed E-state index contributed by atoms with van der Waals surface area (Å²) in [4.78, 5) is 0. The van der Waals surface area contributed by atoms with Gasteiger partial charge in [-0.05, 0) is 74.4 Å². The molecule has 1 unspecified atom stereocenters. The molecule has 0 aromatic heterocycles. The number of nitrogens with two attached hydrogens (primary N) is 1. The van der Waals surface area contributed by atoms with Gasteiger partial charge >= 0.3 is 0 Å². The van der Waals surface area contributed by atoms with Crippen LogP contribution in [0.25, 0.3) is 0 Å². The Morgan fingerprint density at radius 3 is 1.90 bits per heavy atom. The highest BCUT2D eigenvalue weighted by Crippen LogP contribution is 2.27. The van der Waals surface area contributed by atoms with Crippen molar-refractivity contribution < 1.29 is 0 Å². The van der Waals surface area contributed by atoms with Crippen molar-refractivity contribution >= 4 is 0 Å². The minimum atomic E-state index is 0.145. The first kappa shape index (κ1) is 15.7. The number of hydrogen-bond donors (Lipinski definition) is 2. The lowest BCUT2D eigenvalue weighted by molar-refractivity contribution is 0.544. The van der Waals surface area contributed by atoms with Crippen LogP contribution in [0.1, 0.15) is 45.0 Å². The van der Waals surface area contributed by atoms with Gasteiger partial charge in [0.25, 0.3) is 0 Å². The summed E-state index contributed by atoms with van der Waals surface area (Å²) in [7, 11) is 0. The molecule has 0 fully saturated rings. The van der Waals surface area contributed by atoms with Crippen molar-refractivity contribution in [3.63, 3.8) is 0 Å². The molecule has 3 N–H and O–H groups in total. The number of nitrogens with one attached hydrogen (secondary N) is 1. The number of benzene rings is 2. The van der Waals surface area contributed by atoms with E-state index in [2.05, 4.69) is 70.4 Å². The van der Waals surface area contributed by atoms with Gasteiger partial charge in [-0.1, -0.05) is 35.9 Å². The Morgan fingerprint density at radius 2 is 1.43 bits per heavy atom. The average molecular weight is 282 g/mol. The van der Waals surface area contributed by atoms with Crippen molar-refractivity contribution in [1.82, 2.24) is 5.43 Å². The van der Waals surface area contributed by atoms with Crippen molar-refractivity contribution in [1.29, 1.82) is 0 Å². The molecule has 0 heterocycles. The number of hydrazine groups is 1. The van der Waals surface area contributed by atoms with Crippen LogP contribution in [0.3, 0.4) is 0 Å². The molecule has 2 heteroatoms. The third kappa shape index (κ3) is 3.34. The first-order valence-corrected chi connectivity index (χ1v) is 7.53. The highest BCUT2D eigenvalue weighted by Gasteiger charge is 2.17. The van der Waals surface area contributed by atoms with Gasteiger partial charge in [0.2, 0.25) is 0 Å². The molecule has 21 heavy (non-hydrogen) atoms. The third-order valence-corrected chi connectivity index (χ3v) is 4.34. The molecule has 0 aliphatic carbocycles. The second-order valence-electron chi connectivity index (χ2n) is 6.11. The molecule has 0 amide bonds. The molecule has 0 saturated carbocycles. The maximum atomic E-state index is 5.87. The molecule has 0 aliphatic rings.